The summed E-state index contributed by atoms with van der Waals surface area (Å²) in [5.41, 5.74) is 0.140. The number of rotatable bonds is 6. The van der Waals surface area contributed by atoms with Crippen LogP contribution in [-0.2, 0) is 9.53 Å². The molecule has 2 N–H and O–H groups in total. The standard InChI is InChI=1S/C14H19N3O5/c1-10(2)3-6-15-14(20)16-12(18)9-22-13(19)11-4-7-17(21)8-5-11/h4-5,7-8,10H,3,6,9H2,1-2H3,(H2,15,16,18,20). The summed E-state index contributed by atoms with van der Waals surface area (Å²) < 4.78 is 5.25. The topological polar surface area (TPSA) is 111 Å². The maximum Gasteiger partial charge on any atom is 0.339 e. The number of ether oxygens (including phenoxy) is 1. The van der Waals surface area contributed by atoms with Crippen molar-refractivity contribution in [1.82, 2.24) is 10.6 Å². The lowest BCUT2D eigenvalue weighted by Crippen LogP contribution is -2.42. The van der Waals surface area contributed by atoms with Gasteiger partial charge in [-0.05, 0) is 12.3 Å². The number of nitrogens with one attached hydrogen (secondary N) is 2. The fraction of sp³-hybridized carbons (Fsp3) is 0.429. The molecule has 0 spiro atoms. The second kappa shape index (κ2) is 8.60. The van der Waals surface area contributed by atoms with Gasteiger partial charge >= 0.3 is 12.0 Å². The third kappa shape index (κ3) is 6.69. The van der Waals surface area contributed by atoms with Crippen LogP contribution in [0.1, 0.15) is 30.6 Å². The third-order valence-corrected chi connectivity index (χ3v) is 2.63. The molecule has 0 aliphatic heterocycles. The number of carbonyl (C=O) groups excluding carboxylic acids is 3. The molecule has 0 fully saturated rings. The van der Waals surface area contributed by atoms with Crippen LogP contribution in [0.5, 0.6) is 0 Å². The van der Waals surface area contributed by atoms with Crippen LogP contribution in [-0.4, -0.2) is 31.1 Å². The molecular formula is C14H19N3O5. The highest BCUT2D eigenvalue weighted by Gasteiger charge is 2.13. The predicted molar refractivity (Wildman–Crippen MR) is 76.7 cm³/mol. The summed E-state index contributed by atoms with van der Waals surface area (Å²) >= 11 is 0. The van der Waals surface area contributed by atoms with Crippen LogP contribution < -0.4 is 15.4 Å². The molecule has 3 amide bonds. The molecule has 8 heteroatoms. The van der Waals surface area contributed by atoms with E-state index in [1.807, 2.05) is 19.2 Å². The number of carbonyl (C=O) groups is 3. The Morgan fingerprint density at radius 2 is 1.91 bits per heavy atom. The van der Waals surface area contributed by atoms with Crippen molar-refractivity contribution < 1.29 is 23.9 Å². The summed E-state index contributed by atoms with van der Waals surface area (Å²) in [6.07, 6.45) is 3.07. The van der Waals surface area contributed by atoms with Crippen molar-refractivity contribution in [2.24, 2.45) is 5.92 Å². The number of urea groups is 1. The summed E-state index contributed by atoms with van der Waals surface area (Å²) in [5, 5.41) is 15.4. The van der Waals surface area contributed by atoms with Crippen molar-refractivity contribution in [3.8, 4) is 0 Å². The molecule has 1 aromatic heterocycles. The zero-order valence-corrected chi connectivity index (χ0v) is 12.5. The minimum atomic E-state index is -0.754. The average Bonchev–Trinajstić information content (AvgIpc) is 2.45. The van der Waals surface area contributed by atoms with E-state index in [1.54, 1.807) is 0 Å². The van der Waals surface area contributed by atoms with E-state index in [2.05, 4.69) is 5.32 Å². The van der Waals surface area contributed by atoms with E-state index >= 15 is 0 Å². The van der Waals surface area contributed by atoms with Crippen LogP contribution >= 0.6 is 0 Å². The molecule has 0 aliphatic rings. The molecule has 0 saturated heterocycles. The first-order chi connectivity index (χ1) is 10.4. The molecule has 0 aliphatic carbocycles. The first-order valence-corrected chi connectivity index (χ1v) is 6.82. The number of esters is 1. The second-order valence-electron chi connectivity index (χ2n) is 5.01. The fourth-order valence-corrected chi connectivity index (χ4v) is 1.44. The van der Waals surface area contributed by atoms with Crippen molar-refractivity contribution in [3.05, 3.63) is 35.3 Å². The van der Waals surface area contributed by atoms with E-state index in [-0.39, 0.29) is 5.56 Å². The smallest absolute Gasteiger partial charge is 0.339 e. The number of hydrogen-bond acceptors (Lipinski definition) is 5. The van der Waals surface area contributed by atoms with Crippen molar-refractivity contribution >= 4 is 17.9 Å². The molecule has 0 saturated carbocycles. The SMILES string of the molecule is CC(C)CCNC(=O)NC(=O)COC(=O)c1cc[n+]([O-])cc1. The Kier molecular flexibility index (Phi) is 6.81. The summed E-state index contributed by atoms with van der Waals surface area (Å²) in [5.74, 6) is -1.04. The highest BCUT2D eigenvalue weighted by molar-refractivity contribution is 5.96. The third-order valence-electron chi connectivity index (χ3n) is 2.63. The van der Waals surface area contributed by atoms with Crippen LogP contribution in [0.25, 0.3) is 0 Å². The molecule has 120 valence electrons. The van der Waals surface area contributed by atoms with E-state index < -0.39 is 24.5 Å². The summed E-state index contributed by atoms with van der Waals surface area (Å²) in [7, 11) is 0. The number of amides is 3. The Bertz CT molecular complexity index is 528. The summed E-state index contributed by atoms with van der Waals surface area (Å²) in [6, 6.07) is 1.91. The minimum Gasteiger partial charge on any atom is -0.619 e. The molecule has 1 aromatic rings. The number of nitrogens with zero attached hydrogens (tertiary/aromatic N) is 1. The lowest BCUT2D eigenvalue weighted by atomic mass is 10.1. The highest BCUT2D eigenvalue weighted by Crippen LogP contribution is 1.98. The molecule has 22 heavy (non-hydrogen) atoms. The zero-order chi connectivity index (χ0) is 16.5. The maximum absolute atomic E-state index is 11.6. The van der Waals surface area contributed by atoms with Gasteiger partial charge in [0.1, 0.15) is 0 Å². The van der Waals surface area contributed by atoms with E-state index in [4.69, 9.17) is 4.74 Å². The Hall–Kier alpha value is -2.64. The monoisotopic (exact) mass is 309 g/mol. The molecule has 0 unspecified atom stereocenters. The van der Waals surface area contributed by atoms with Gasteiger partial charge in [-0.1, -0.05) is 13.8 Å². The van der Waals surface area contributed by atoms with Gasteiger partial charge < -0.3 is 15.3 Å². The Morgan fingerprint density at radius 1 is 1.27 bits per heavy atom. The second-order valence-corrected chi connectivity index (χ2v) is 5.01. The first-order valence-electron chi connectivity index (χ1n) is 6.82. The van der Waals surface area contributed by atoms with Gasteiger partial charge in [-0.2, -0.15) is 4.73 Å². The number of pyridine rings is 1. The van der Waals surface area contributed by atoms with E-state index in [9.17, 15) is 19.6 Å². The van der Waals surface area contributed by atoms with Crippen molar-refractivity contribution in [1.29, 1.82) is 0 Å². The fourth-order valence-electron chi connectivity index (χ4n) is 1.44. The van der Waals surface area contributed by atoms with Gasteiger partial charge in [0.25, 0.3) is 5.91 Å². The first kappa shape index (κ1) is 17.4. The molecular weight excluding hydrogens is 290 g/mol. The molecule has 0 aromatic carbocycles. The normalized spacial score (nSPS) is 10.1. The van der Waals surface area contributed by atoms with Gasteiger partial charge in [0.15, 0.2) is 19.0 Å². The van der Waals surface area contributed by atoms with E-state index in [1.165, 1.54) is 12.1 Å². The lowest BCUT2D eigenvalue weighted by molar-refractivity contribution is -0.605. The lowest BCUT2D eigenvalue weighted by Gasteiger charge is -2.08. The van der Waals surface area contributed by atoms with Crippen LogP contribution in [0.2, 0.25) is 0 Å². The van der Waals surface area contributed by atoms with Gasteiger partial charge in [0.05, 0.1) is 5.56 Å². The highest BCUT2D eigenvalue weighted by atomic mass is 16.5. The molecule has 0 radical (unpaired) electrons. The summed E-state index contributed by atoms with van der Waals surface area (Å²) in [4.78, 5) is 34.4. The molecule has 0 bridgehead atoms. The Balaban J connectivity index is 2.29. The number of aromatic nitrogens is 1. The van der Waals surface area contributed by atoms with Gasteiger partial charge in [-0.25, -0.2) is 9.59 Å². The average molecular weight is 309 g/mol. The van der Waals surface area contributed by atoms with Crippen LogP contribution in [0.15, 0.2) is 24.5 Å². The quantitative estimate of drug-likeness (QED) is 0.447. The summed E-state index contributed by atoms with van der Waals surface area (Å²) in [6.45, 7) is 3.91. The maximum atomic E-state index is 11.6. The predicted octanol–water partition coefficient (Wildman–Crippen LogP) is 0.349. The van der Waals surface area contributed by atoms with Crippen LogP contribution in [0, 0.1) is 11.1 Å². The van der Waals surface area contributed by atoms with Crippen LogP contribution in [0.3, 0.4) is 0 Å². The van der Waals surface area contributed by atoms with Crippen molar-refractivity contribution in [2.75, 3.05) is 13.2 Å². The van der Waals surface area contributed by atoms with E-state index in [0.29, 0.717) is 17.2 Å². The van der Waals surface area contributed by atoms with Crippen molar-refractivity contribution in [2.45, 2.75) is 20.3 Å². The van der Waals surface area contributed by atoms with E-state index in [0.717, 1.165) is 18.8 Å². The van der Waals surface area contributed by atoms with Gasteiger partial charge in [0, 0.05) is 18.7 Å². The van der Waals surface area contributed by atoms with Gasteiger partial charge in [0.2, 0.25) is 0 Å². The zero-order valence-electron chi connectivity index (χ0n) is 12.5. The molecule has 1 heterocycles. The number of imide groups is 1. The minimum absolute atomic E-state index is 0.140. The Labute approximate surface area is 128 Å². The largest absolute Gasteiger partial charge is 0.619 e. The van der Waals surface area contributed by atoms with Crippen LogP contribution in [0.4, 0.5) is 4.79 Å². The van der Waals surface area contributed by atoms with Gasteiger partial charge in [-0.3, -0.25) is 10.1 Å². The molecule has 8 nitrogen and oxygen atoms in total. The Morgan fingerprint density at radius 3 is 2.50 bits per heavy atom. The number of hydrogen-bond donors (Lipinski definition) is 2. The molecule has 1 rings (SSSR count). The van der Waals surface area contributed by atoms with Crippen molar-refractivity contribution in [3.63, 3.8) is 0 Å². The molecule has 0 atom stereocenters. The van der Waals surface area contributed by atoms with Gasteiger partial charge in [-0.15, -0.1) is 0 Å².